The second-order valence-corrected chi connectivity index (χ2v) is 5.27. The fourth-order valence-corrected chi connectivity index (χ4v) is 2.55. The van der Waals surface area contributed by atoms with E-state index in [1.807, 2.05) is 0 Å². The zero-order valence-electron chi connectivity index (χ0n) is 10.8. The van der Waals surface area contributed by atoms with Crippen molar-refractivity contribution in [1.82, 2.24) is 5.32 Å². The van der Waals surface area contributed by atoms with Crippen molar-refractivity contribution in [1.29, 1.82) is 0 Å². The van der Waals surface area contributed by atoms with E-state index in [9.17, 15) is 0 Å². The summed E-state index contributed by atoms with van der Waals surface area (Å²) in [6.45, 7) is 3.92. The number of nitrogens with one attached hydrogen (secondary N) is 1. The van der Waals surface area contributed by atoms with E-state index < -0.39 is 0 Å². The number of fused-ring (bicyclic) bond motifs is 1. The van der Waals surface area contributed by atoms with Crippen LogP contribution < -0.4 is 5.32 Å². The molecule has 2 rings (SSSR count). The molecule has 2 heteroatoms. The molecule has 18 heavy (non-hydrogen) atoms. The third-order valence-electron chi connectivity index (χ3n) is 3.16. The Balaban J connectivity index is 1.99. The van der Waals surface area contributed by atoms with Gasteiger partial charge in [-0.25, -0.2) is 0 Å². The number of alkyl halides is 1. The SMILES string of the molecule is CCCC(Cl)CNCc1cccc2ccccc12. The molecule has 0 amide bonds. The van der Waals surface area contributed by atoms with Gasteiger partial charge in [0, 0.05) is 18.5 Å². The zero-order valence-corrected chi connectivity index (χ0v) is 11.6. The Morgan fingerprint density at radius 3 is 2.72 bits per heavy atom. The molecular weight excluding hydrogens is 242 g/mol. The first-order chi connectivity index (χ1) is 8.81. The van der Waals surface area contributed by atoms with Gasteiger partial charge in [-0.3, -0.25) is 0 Å². The Morgan fingerprint density at radius 2 is 1.89 bits per heavy atom. The van der Waals surface area contributed by atoms with E-state index in [0.29, 0.717) is 0 Å². The molecule has 1 unspecified atom stereocenters. The van der Waals surface area contributed by atoms with Crippen LogP contribution in [-0.2, 0) is 6.54 Å². The van der Waals surface area contributed by atoms with Crippen molar-refractivity contribution in [3.05, 3.63) is 48.0 Å². The van der Waals surface area contributed by atoms with Gasteiger partial charge in [-0.15, -0.1) is 11.6 Å². The second kappa shape index (κ2) is 6.77. The topological polar surface area (TPSA) is 12.0 Å². The molecule has 2 aromatic carbocycles. The maximum Gasteiger partial charge on any atom is 0.0460 e. The molecule has 1 atom stereocenters. The lowest BCUT2D eigenvalue weighted by Gasteiger charge is -2.11. The van der Waals surface area contributed by atoms with Gasteiger partial charge in [0.2, 0.25) is 0 Å². The van der Waals surface area contributed by atoms with Gasteiger partial charge >= 0.3 is 0 Å². The van der Waals surface area contributed by atoms with Crippen molar-refractivity contribution in [2.45, 2.75) is 31.7 Å². The summed E-state index contributed by atoms with van der Waals surface area (Å²) in [5.41, 5.74) is 1.34. The highest BCUT2D eigenvalue weighted by molar-refractivity contribution is 6.20. The van der Waals surface area contributed by atoms with E-state index in [0.717, 1.165) is 25.9 Å². The number of hydrogen-bond acceptors (Lipinski definition) is 1. The maximum absolute atomic E-state index is 6.20. The molecule has 0 fully saturated rings. The number of halogens is 1. The molecular formula is C16H20ClN. The summed E-state index contributed by atoms with van der Waals surface area (Å²) < 4.78 is 0. The van der Waals surface area contributed by atoms with Crippen LogP contribution in [0.2, 0.25) is 0 Å². The quantitative estimate of drug-likeness (QED) is 0.763. The summed E-state index contributed by atoms with van der Waals surface area (Å²) in [4.78, 5) is 0. The average Bonchev–Trinajstić information content (AvgIpc) is 2.39. The van der Waals surface area contributed by atoms with Crippen molar-refractivity contribution in [2.75, 3.05) is 6.54 Å². The van der Waals surface area contributed by atoms with E-state index in [4.69, 9.17) is 11.6 Å². The first kappa shape index (κ1) is 13.4. The lowest BCUT2D eigenvalue weighted by molar-refractivity contribution is 0.625. The molecule has 0 radical (unpaired) electrons. The first-order valence-corrected chi connectivity index (χ1v) is 7.06. The molecule has 96 valence electrons. The highest BCUT2D eigenvalue weighted by atomic mass is 35.5. The van der Waals surface area contributed by atoms with Crippen molar-refractivity contribution < 1.29 is 0 Å². The molecule has 1 N–H and O–H groups in total. The van der Waals surface area contributed by atoms with E-state index >= 15 is 0 Å². The Hall–Kier alpha value is -1.05. The molecule has 0 spiro atoms. The van der Waals surface area contributed by atoms with Gasteiger partial charge in [0.25, 0.3) is 0 Å². The van der Waals surface area contributed by atoms with Crippen LogP contribution in [0.3, 0.4) is 0 Å². The summed E-state index contributed by atoms with van der Waals surface area (Å²) in [6.07, 6.45) is 2.22. The van der Waals surface area contributed by atoms with Crippen LogP contribution in [-0.4, -0.2) is 11.9 Å². The number of benzene rings is 2. The lowest BCUT2D eigenvalue weighted by Crippen LogP contribution is -2.22. The minimum Gasteiger partial charge on any atom is -0.311 e. The molecule has 1 nitrogen and oxygen atoms in total. The minimum absolute atomic E-state index is 0.241. The summed E-state index contributed by atoms with van der Waals surface area (Å²) in [6, 6.07) is 14.9. The average molecular weight is 262 g/mol. The second-order valence-electron chi connectivity index (χ2n) is 4.66. The number of rotatable bonds is 6. The van der Waals surface area contributed by atoms with E-state index in [1.54, 1.807) is 0 Å². The largest absolute Gasteiger partial charge is 0.311 e. The van der Waals surface area contributed by atoms with Crippen molar-refractivity contribution in [3.8, 4) is 0 Å². The van der Waals surface area contributed by atoms with E-state index in [-0.39, 0.29) is 5.38 Å². The highest BCUT2D eigenvalue weighted by Crippen LogP contribution is 2.18. The van der Waals surface area contributed by atoms with Gasteiger partial charge in [-0.05, 0) is 22.8 Å². The first-order valence-electron chi connectivity index (χ1n) is 6.62. The Kier molecular flexibility index (Phi) is 5.03. The van der Waals surface area contributed by atoms with Crippen LogP contribution >= 0.6 is 11.6 Å². The van der Waals surface area contributed by atoms with Crippen molar-refractivity contribution in [3.63, 3.8) is 0 Å². The predicted octanol–water partition coefficient (Wildman–Crippen LogP) is 4.34. The third-order valence-corrected chi connectivity index (χ3v) is 3.54. The normalized spacial score (nSPS) is 12.8. The fourth-order valence-electron chi connectivity index (χ4n) is 2.23. The van der Waals surface area contributed by atoms with Crippen molar-refractivity contribution >= 4 is 22.4 Å². The molecule has 0 aliphatic heterocycles. The summed E-state index contributed by atoms with van der Waals surface area (Å²) in [5, 5.41) is 6.31. The van der Waals surface area contributed by atoms with Crippen LogP contribution in [0.25, 0.3) is 10.8 Å². The standard InChI is InChI=1S/C16H20ClN/c1-2-6-15(17)12-18-11-14-9-5-8-13-7-3-4-10-16(13)14/h3-5,7-10,15,18H,2,6,11-12H2,1H3. The molecule has 0 saturated heterocycles. The van der Waals surface area contributed by atoms with Crippen LogP contribution in [0, 0.1) is 0 Å². The van der Waals surface area contributed by atoms with Gasteiger partial charge in [0.15, 0.2) is 0 Å². The zero-order chi connectivity index (χ0) is 12.8. The van der Waals surface area contributed by atoms with Crippen LogP contribution in [0.4, 0.5) is 0 Å². The summed E-state index contributed by atoms with van der Waals surface area (Å²) in [5.74, 6) is 0. The minimum atomic E-state index is 0.241. The Bertz CT molecular complexity index is 490. The van der Waals surface area contributed by atoms with E-state index in [1.165, 1.54) is 16.3 Å². The van der Waals surface area contributed by atoms with Gasteiger partial charge in [0.1, 0.15) is 0 Å². The molecule has 0 aliphatic carbocycles. The van der Waals surface area contributed by atoms with Gasteiger partial charge in [0.05, 0.1) is 0 Å². The predicted molar refractivity (Wildman–Crippen MR) is 80.2 cm³/mol. The van der Waals surface area contributed by atoms with Gasteiger partial charge in [-0.1, -0.05) is 55.8 Å². The van der Waals surface area contributed by atoms with Crippen LogP contribution in [0.15, 0.2) is 42.5 Å². The molecule has 0 aliphatic rings. The van der Waals surface area contributed by atoms with Gasteiger partial charge < -0.3 is 5.32 Å². The molecule has 0 saturated carbocycles. The van der Waals surface area contributed by atoms with Gasteiger partial charge in [-0.2, -0.15) is 0 Å². The van der Waals surface area contributed by atoms with E-state index in [2.05, 4.69) is 54.7 Å². The summed E-state index contributed by atoms with van der Waals surface area (Å²) in [7, 11) is 0. The Morgan fingerprint density at radius 1 is 1.11 bits per heavy atom. The lowest BCUT2D eigenvalue weighted by atomic mass is 10.0. The van der Waals surface area contributed by atoms with Crippen LogP contribution in [0.5, 0.6) is 0 Å². The molecule has 0 heterocycles. The fraction of sp³-hybridized carbons (Fsp3) is 0.375. The maximum atomic E-state index is 6.20. The molecule has 2 aromatic rings. The summed E-state index contributed by atoms with van der Waals surface area (Å²) >= 11 is 6.20. The number of hydrogen-bond donors (Lipinski definition) is 1. The highest BCUT2D eigenvalue weighted by Gasteiger charge is 2.03. The monoisotopic (exact) mass is 261 g/mol. The van der Waals surface area contributed by atoms with Crippen molar-refractivity contribution in [2.24, 2.45) is 0 Å². The third kappa shape index (κ3) is 3.47. The van der Waals surface area contributed by atoms with Crippen LogP contribution in [0.1, 0.15) is 25.3 Å². The Labute approximate surface area is 114 Å². The smallest absolute Gasteiger partial charge is 0.0460 e. The molecule has 0 bridgehead atoms. The molecule has 0 aromatic heterocycles.